The summed E-state index contributed by atoms with van der Waals surface area (Å²) in [5.41, 5.74) is 12.7. The lowest BCUT2D eigenvalue weighted by molar-refractivity contribution is 0.0597. The van der Waals surface area contributed by atoms with Crippen molar-refractivity contribution in [3.05, 3.63) is 29.8 Å². The van der Waals surface area contributed by atoms with Crippen LogP contribution in [0.3, 0.4) is 0 Å². The monoisotopic (exact) mass is 234 g/mol. The number of hydrogen-bond acceptors (Lipinski definition) is 5. The van der Waals surface area contributed by atoms with Crippen LogP contribution in [0.25, 0.3) is 5.52 Å². The molecule has 2 aromatic heterocycles. The fourth-order valence-electron chi connectivity index (χ4n) is 1.77. The van der Waals surface area contributed by atoms with Crippen molar-refractivity contribution in [1.29, 1.82) is 0 Å². The first-order chi connectivity index (χ1) is 8.19. The van der Waals surface area contributed by atoms with Gasteiger partial charge in [0.25, 0.3) is 0 Å². The molecule has 2 aromatic rings. The molecule has 2 rings (SSSR count). The molecule has 0 aliphatic rings. The van der Waals surface area contributed by atoms with Crippen LogP contribution in [-0.2, 0) is 11.2 Å². The van der Waals surface area contributed by atoms with E-state index in [0.717, 1.165) is 0 Å². The summed E-state index contributed by atoms with van der Waals surface area (Å²) in [6.07, 6.45) is 2.37. The first-order valence-electron chi connectivity index (χ1n) is 5.22. The molecule has 90 valence electrons. The second-order valence-corrected chi connectivity index (χ2v) is 3.59. The SMILES string of the molecule is COC(=O)c1nc(CCN)n2cccc(N)c12. The predicted molar refractivity (Wildman–Crippen MR) is 63.7 cm³/mol. The smallest absolute Gasteiger partial charge is 0.359 e. The lowest BCUT2D eigenvalue weighted by atomic mass is 10.3. The molecule has 0 fully saturated rings. The van der Waals surface area contributed by atoms with Crippen molar-refractivity contribution in [2.75, 3.05) is 19.4 Å². The number of hydrogen-bond donors (Lipinski definition) is 2. The molecule has 17 heavy (non-hydrogen) atoms. The van der Waals surface area contributed by atoms with Gasteiger partial charge in [0.05, 0.1) is 12.8 Å². The van der Waals surface area contributed by atoms with Crippen LogP contribution in [0.2, 0.25) is 0 Å². The fourth-order valence-corrected chi connectivity index (χ4v) is 1.77. The summed E-state index contributed by atoms with van der Waals surface area (Å²) in [5, 5.41) is 0. The Balaban J connectivity index is 2.71. The first-order valence-corrected chi connectivity index (χ1v) is 5.22. The van der Waals surface area contributed by atoms with Crippen LogP contribution in [0.5, 0.6) is 0 Å². The average molecular weight is 234 g/mol. The zero-order valence-corrected chi connectivity index (χ0v) is 9.51. The molecule has 0 atom stereocenters. The van der Waals surface area contributed by atoms with E-state index in [9.17, 15) is 4.79 Å². The van der Waals surface area contributed by atoms with E-state index in [1.807, 2.05) is 0 Å². The molecule has 0 aromatic carbocycles. The van der Waals surface area contributed by atoms with Crippen molar-refractivity contribution in [3.63, 3.8) is 0 Å². The maximum Gasteiger partial charge on any atom is 0.359 e. The van der Waals surface area contributed by atoms with E-state index >= 15 is 0 Å². The van der Waals surface area contributed by atoms with E-state index in [1.54, 1.807) is 22.7 Å². The molecule has 6 heteroatoms. The molecule has 0 aliphatic carbocycles. The highest BCUT2D eigenvalue weighted by molar-refractivity contribution is 5.98. The Morgan fingerprint density at radius 2 is 2.35 bits per heavy atom. The molecule has 0 saturated heterocycles. The van der Waals surface area contributed by atoms with Crippen LogP contribution in [0, 0.1) is 0 Å². The lowest BCUT2D eigenvalue weighted by Crippen LogP contribution is -2.06. The summed E-state index contributed by atoms with van der Waals surface area (Å²) in [6.45, 7) is 0.453. The number of rotatable bonds is 3. The Morgan fingerprint density at radius 1 is 1.59 bits per heavy atom. The van der Waals surface area contributed by atoms with Crippen LogP contribution in [0.1, 0.15) is 16.3 Å². The van der Waals surface area contributed by atoms with Gasteiger partial charge in [0.15, 0.2) is 5.69 Å². The quantitative estimate of drug-likeness (QED) is 0.740. The molecule has 0 amide bonds. The van der Waals surface area contributed by atoms with Crippen molar-refractivity contribution in [3.8, 4) is 0 Å². The lowest BCUT2D eigenvalue weighted by Gasteiger charge is -2.01. The molecule has 2 heterocycles. The maximum atomic E-state index is 11.6. The third kappa shape index (κ3) is 1.83. The Hall–Kier alpha value is -2.08. The number of nitrogens with zero attached hydrogens (tertiary/aromatic N) is 2. The zero-order chi connectivity index (χ0) is 12.4. The van der Waals surface area contributed by atoms with E-state index in [-0.39, 0.29) is 5.69 Å². The highest BCUT2D eigenvalue weighted by Crippen LogP contribution is 2.20. The number of ether oxygens (including phenoxy) is 1. The van der Waals surface area contributed by atoms with Gasteiger partial charge in [0.1, 0.15) is 11.3 Å². The van der Waals surface area contributed by atoms with Crippen molar-refractivity contribution >= 4 is 17.2 Å². The average Bonchev–Trinajstić information content (AvgIpc) is 2.69. The summed E-state index contributed by atoms with van der Waals surface area (Å²) in [5.74, 6) is 0.207. The van der Waals surface area contributed by atoms with Gasteiger partial charge in [-0.3, -0.25) is 0 Å². The van der Waals surface area contributed by atoms with Gasteiger partial charge in [0.2, 0.25) is 0 Å². The highest BCUT2D eigenvalue weighted by Gasteiger charge is 2.19. The minimum atomic E-state index is -0.497. The van der Waals surface area contributed by atoms with Crippen LogP contribution in [0.15, 0.2) is 18.3 Å². The molecule has 6 nitrogen and oxygen atoms in total. The molecule has 0 aliphatic heterocycles. The summed E-state index contributed by atoms with van der Waals surface area (Å²) in [7, 11) is 1.31. The van der Waals surface area contributed by atoms with Gasteiger partial charge in [0, 0.05) is 12.6 Å². The normalized spacial score (nSPS) is 10.7. The molecule has 0 radical (unpaired) electrons. The second kappa shape index (κ2) is 4.42. The Kier molecular flexibility index (Phi) is 2.97. The van der Waals surface area contributed by atoms with Crippen molar-refractivity contribution in [1.82, 2.24) is 9.38 Å². The number of carbonyl (C=O) groups excluding carboxylic acids is 1. The fraction of sp³-hybridized carbons (Fsp3) is 0.273. The Morgan fingerprint density at radius 3 is 3.00 bits per heavy atom. The number of esters is 1. The molecule has 0 spiro atoms. The number of anilines is 1. The van der Waals surface area contributed by atoms with Gasteiger partial charge < -0.3 is 20.6 Å². The Bertz CT molecular complexity index is 562. The van der Waals surface area contributed by atoms with E-state index in [0.29, 0.717) is 30.0 Å². The van der Waals surface area contributed by atoms with Crippen molar-refractivity contribution in [2.24, 2.45) is 5.73 Å². The number of imidazole rings is 1. The Labute approximate surface area is 98.2 Å². The topological polar surface area (TPSA) is 95.6 Å². The van der Waals surface area contributed by atoms with Gasteiger partial charge in [-0.2, -0.15) is 0 Å². The third-order valence-electron chi connectivity index (χ3n) is 2.52. The zero-order valence-electron chi connectivity index (χ0n) is 9.51. The number of fused-ring (bicyclic) bond motifs is 1. The first kappa shape index (κ1) is 11.4. The van der Waals surface area contributed by atoms with E-state index in [2.05, 4.69) is 9.72 Å². The largest absolute Gasteiger partial charge is 0.464 e. The number of nitrogen functional groups attached to an aromatic ring is 1. The molecule has 0 saturated carbocycles. The molecule has 0 unspecified atom stereocenters. The van der Waals surface area contributed by atoms with Crippen LogP contribution in [-0.4, -0.2) is 29.0 Å². The number of pyridine rings is 1. The molecular weight excluding hydrogens is 220 g/mol. The van der Waals surface area contributed by atoms with Crippen molar-refractivity contribution in [2.45, 2.75) is 6.42 Å². The summed E-state index contributed by atoms with van der Waals surface area (Å²) in [6, 6.07) is 3.51. The molecular formula is C11H14N4O2. The third-order valence-corrected chi connectivity index (χ3v) is 2.52. The van der Waals surface area contributed by atoms with Crippen LogP contribution < -0.4 is 11.5 Å². The number of nitrogens with two attached hydrogens (primary N) is 2. The van der Waals surface area contributed by atoms with Crippen LogP contribution in [0.4, 0.5) is 5.69 Å². The van der Waals surface area contributed by atoms with Gasteiger partial charge in [-0.15, -0.1) is 0 Å². The van der Waals surface area contributed by atoms with Crippen molar-refractivity contribution < 1.29 is 9.53 Å². The minimum Gasteiger partial charge on any atom is -0.464 e. The van der Waals surface area contributed by atoms with Gasteiger partial charge in [-0.05, 0) is 18.7 Å². The number of carbonyl (C=O) groups is 1. The molecule has 0 bridgehead atoms. The predicted octanol–water partition coefficient (Wildman–Crippen LogP) is 0.204. The van der Waals surface area contributed by atoms with E-state index < -0.39 is 5.97 Å². The van der Waals surface area contributed by atoms with Gasteiger partial charge >= 0.3 is 5.97 Å². The molecule has 4 N–H and O–H groups in total. The van der Waals surface area contributed by atoms with Gasteiger partial charge in [-0.1, -0.05) is 0 Å². The summed E-state index contributed by atoms with van der Waals surface area (Å²) >= 11 is 0. The highest BCUT2D eigenvalue weighted by atomic mass is 16.5. The number of aromatic nitrogens is 2. The standard InChI is InChI=1S/C11H14N4O2/c1-17-11(16)9-10-7(13)3-2-6-15(10)8(14-9)4-5-12/h2-3,6H,4-5,12-13H2,1H3. The minimum absolute atomic E-state index is 0.231. The number of methoxy groups -OCH3 is 1. The van der Waals surface area contributed by atoms with Gasteiger partial charge in [-0.25, -0.2) is 9.78 Å². The second-order valence-electron chi connectivity index (χ2n) is 3.59. The maximum absolute atomic E-state index is 11.6. The summed E-state index contributed by atoms with van der Waals surface area (Å²) in [4.78, 5) is 15.9. The van der Waals surface area contributed by atoms with Crippen LogP contribution >= 0.6 is 0 Å². The van der Waals surface area contributed by atoms with E-state index in [4.69, 9.17) is 11.5 Å². The van der Waals surface area contributed by atoms with E-state index in [1.165, 1.54) is 7.11 Å². The summed E-state index contributed by atoms with van der Waals surface area (Å²) < 4.78 is 6.46.